The first-order valence-electron chi connectivity index (χ1n) is 7.29. The smallest absolute Gasteiger partial charge is 0.258 e. The molecule has 0 radical (unpaired) electrons. The van der Waals surface area contributed by atoms with Gasteiger partial charge in [-0.25, -0.2) is 0 Å². The Hall–Kier alpha value is -1.55. The number of nitrogens with one attached hydrogen (secondary N) is 1. The summed E-state index contributed by atoms with van der Waals surface area (Å²) >= 11 is 6.04. The van der Waals surface area contributed by atoms with Crippen LogP contribution in [0.15, 0.2) is 18.2 Å². The molecule has 1 aromatic carbocycles. The van der Waals surface area contributed by atoms with Crippen molar-refractivity contribution in [1.82, 2.24) is 5.32 Å². The topological polar surface area (TPSA) is 55.4 Å². The molecule has 4 nitrogen and oxygen atoms in total. The van der Waals surface area contributed by atoms with Gasteiger partial charge in [-0.15, -0.1) is 0 Å². The van der Waals surface area contributed by atoms with Crippen molar-refractivity contribution in [3.05, 3.63) is 28.8 Å². The summed E-state index contributed by atoms with van der Waals surface area (Å²) in [4.78, 5) is 23.1. The van der Waals surface area contributed by atoms with Crippen LogP contribution in [0.1, 0.15) is 49.4 Å². The lowest BCUT2D eigenvalue weighted by Gasteiger charge is -2.22. The average Bonchev–Trinajstić information content (AvgIpc) is 2.47. The second-order valence-electron chi connectivity index (χ2n) is 5.39. The quantitative estimate of drug-likeness (QED) is 0.848. The molecule has 0 unspecified atom stereocenters. The number of ketones is 1. The van der Waals surface area contributed by atoms with E-state index in [0.29, 0.717) is 16.3 Å². The van der Waals surface area contributed by atoms with Gasteiger partial charge in [0.15, 0.2) is 12.4 Å². The van der Waals surface area contributed by atoms with E-state index in [2.05, 4.69) is 5.32 Å². The maximum absolute atomic E-state index is 11.8. The zero-order valence-corrected chi connectivity index (χ0v) is 12.9. The van der Waals surface area contributed by atoms with Crippen LogP contribution in [0.25, 0.3) is 0 Å². The van der Waals surface area contributed by atoms with Crippen LogP contribution >= 0.6 is 11.6 Å². The van der Waals surface area contributed by atoms with Crippen molar-refractivity contribution >= 4 is 23.3 Å². The zero-order valence-electron chi connectivity index (χ0n) is 12.2. The minimum absolute atomic E-state index is 0.0570. The molecular weight excluding hydrogens is 290 g/mol. The summed E-state index contributed by atoms with van der Waals surface area (Å²) in [5.74, 6) is 0.229. The van der Waals surface area contributed by atoms with Crippen molar-refractivity contribution in [2.24, 2.45) is 0 Å². The van der Waals surface area contributed by atoms with E-state index in [9.17, 15) is 9.59 Å². The normalized spacial score (nSPS) is 15.5. The van der Waals surface area contributed by atoms with E-state index in [4.69, 9.17) is 16.3 Å². The Balaban J connectivity index is 1.84. The molecule has 0 spiro atoms. The fraction of sp³-hybridized carbons (Fsp3) is 0.500. The van der Waals surface area contributed by atoms with Crippen molar-refractivity contribution in [2.75, 3.05) is 6.61 Å². The fourth-order valence-corrected chi connectivity index (χ4v) is 2.73. The van der Waals surface area contributed by atoms with Crippen LogP contribution < -0.4 is 10.1 Å². The van der Waals surface area contributed by atoms with Crippen LogP contribution in [0, 0.1) is 0 Å². The minimum atomic E-state index is -0.131. The first-order chi connectivity index (χ1) is 10.1. The lowest BCUT2D eigenvalue weighted by molar-refractivity contribution is -0.124. The van der Waals surface area contributed by atoms with E-state index in [0.717, 1.165) is 12.8 Å². The van der Waals surface area contributed by atoms with E-state index in [1.807, 2.05) is 0 Å². The number of hydrogen-bond acceptors (Lipinski definition) is 3. The predicted molar refractivity (Wildman–Crippen MR) is 82.0 cm³/mol. The number of carbonyl (C=O) groups is 2. The second-order valence-corrected chi connectivity index (χ2v) is 5.80. The lowest BCUT2D eigenvalue weighted by atomic mass is 9.95. The Bertz CT molecular complexity index is 524. The molecule has 2 rings (SSSR count). The molecule has 5 heteroatoms. The molecule has 0 bridgehead atoms. The number of Topliss-reactive ketones (excluding diaryl/α,β-unsaturated/α-hetero) is 1. The maximum atomic E-state index is 11.8. The van der Waals surface area contributed by atoms with Crippen molar-refractivity contribution in [2.45, 2.75) is 45.1 Å². The number of ether oxygens (including phenoxy) is 1. The van der Waals surface area contributed by atoms with Crippen molar-refractivity contribution in [1.29, 1.82) is 0 Å². The molecule has 0 heterocycles. The van der Waals surface area contributed by atoms with Crippen LogP contribution in [0.3, 0.4) is 0 Å². The fourth-order valence-electron chi connectivity index (χ4n) is 2.50. The largest absolute Gasteiger partial charge is 0.482 e. The molecule has 114 valence electrons. The molecule has 1 aromatic rings. The second kappa shape index (κ2) is 7.46. The average molecular weight is 310 g/mol. The molecule has 1 N–H and O–H groups in total. The highest BCUT2D eigenvalue weighted by Gasteiger charge is 2.16. The molecule has 0 atom stereocenters. The van der Waals surface area contributed by atoms with Gasteiger partial charge in [-0.05, 0) is 38.0 Å². The standard InChI is InChI=1S/C16H20ClNO3/c1-11(19)12-7-8-15(14(17)9-12)21-10-16(20)18-13-5-3-2-4-6-13/h7-9,13H,2-6,10H2,1H3,(H,18,20). The summed E-state index contributed by atoms with van der Waals surface area (Å²) in [6.45, 7) is 1.42. The summed E-state index contributed by atoms with van der Waals surface area (Å²) in [6.07, 6.45) is 5.68. The van der Waals surface area contributed by atoms with Gasteiger partial charge in [-0.1, -0.05) is 30.9 Å². The third kappa shape index (κ3) is 4.74. The Morgan fingerprint density at radius 3 is 2.62 bits per heavy atom. The summed E-state index contributed by atoms with van der Waals surface area (Å²) in [5.41, 5.74) is 0.527. The summed E-state index contributed by atoms with van der Waals surface area (Å²) in [7, 11) is 0. The molecule has 1 aliphatic carbocycles. The Labute approximate surface area is 129 Å². The Morgan fingerprint density at radius 1 is 1.29 bits per heavy atom. The van der Waals surface area contributed by atoms with E-state index in [-0.39, 0.29) is 24.3 Å². The van der Waals surface area contributed by atoms with Gasteiger partial charge in [0, 0.05) is 11.6 Å². The first-order valence-corrected chi connectivity index (χ1v) is 7.66. The zero-order chi connectivity index (χ0) is 15.2. The number of amides is 1. The molecule has 1 saturated carbocycles. The first kappa shape index (κ1) is 15.8. The number of rotatable bonds is 5. The summed E-state index contributed by atoms with van der Waals surface area (Å²) in [6, 6.07) is 5.08. The van der Waals surface area contributed by atoms with Crippen LogP contribution in [0.5, 0.6) is 5.75 Å². The Morgan fingerprint density at radius 2 is 2.00 bits per heavy atom. The number of hydrogen-bond donors (Lipinski definition) is 1. The third-order valence-corrected chi connectivity index (χ3v) is 3.96. The lowest BCUT2D eigenvalue weighted by Crippen LogP contribution is -2.38. The van der Waals surface area contributed by atoms with Crippen LogP contribution in [-0.2, 0) is 4.79 Å². The minimum Gasteiger partial charge on any atom is -0.482 e. The SMILES string of the molecule is CC(=O)c1ccc(OCC(=O)NC2CCCCC2)c(Cl)c1. The monoisotopic (exact) mass is 309 g/mol. The summed E-state index contributed by atoms with van der Waals surface area (Å²) < 4.78 is 5.42. The van der Waals surface area contributed by atoms with Gasteiger partial charge in [0.2, 0.25) is 0 Å². The summed E-state index contributed by atoms with van der Waals surface area (Å²) in [5, 5.41) is 3.32. The highest BCUT2D eigenvalue weighted by molar-refractivity contribution is 6.32. The van der Waals surface area contributed by atoms with Gasteiger partial charge in [0.05, 0.1) is 5.02 Å². The highest BCUT2D eigenvalue weighted by atomic mass is 35.5. The van der Waals surface area contributed by atoms with E-state index < -0.39 is 0 Å². The van der Waals surface area contributed by atoms with Gasteiger partial charge in [-0.3, -0.25) is 9.59 Å². The van der Waals surface area contributed by atoms with Crippen molar-refractivity contribution in [3.8, 4) is 5.75 Å². The molecule has 0 aliphatic heterocycles. The molecule has 1 fully saturated rings. The molecule has 0 aromatic heterocycles. The molecule has 0 saturated heterocycles. The third-order valence-electron chi connectivity index (χ3n) is 3.67. The van der Waals surface area contributed by atoms with Crippen LogP contribution in [0.4, 0.5) is 0 Å². The number of halogens is 1. The van der Waals surface area contributed by atoms with Crippen LogP contribution in [-0.4, -0.2) is 24.3 Å². The van der Waals surface area contributed by atoms with Gasteiger partial charge in [-0.2, -0.15) is 0 Å². The Kier molecular flexibility index (Phi) is 5.62. The molecular formula is C16H20ClNO3. The van der Waals surface area contributed by atoms with Crippen molar-refractivity contribution in [3.63, 3.8) is 0 Å². The molecule has 1 aliphatic rings. The van der Waals surface area contributed by atoms with E-state index >= 15 is 0 Å². The predicted octanol–water partition coefficient (Wildman–Crippen LogP) is 3.37. The van der Waals surface area contributed by atoms with E-state index in [1.165, 1.54) is 26.2 Å². The van der Waals surface area contributed by atoms with Crippen molar-refractivity contribution < 1.29 is 14.3 Å². The molecule has 1 amide bonds. The van der Waals surface area contributed by atoms with Gasteiger partial charge >= 0.3 is 0 Å². The van der Waals surface area contributed by atoms with E-state index in [1.54, 1.807) is 18.2 Å². The van der Waals surface area contributed by atoms with Gasteiger partial charge < -0.3 is 10.1 Å². The van der Waals surface area contributed by atoms with Crippen LogP contribution in [0.2, 0.25) is 5.02 Å². The molecule has 21 heavy (non-hydrogen) atoms. The number of benzene rings is 1. The van der Waals surface area contributed by atoms with Gasteiger partial charge in [0.25, 0.3) is 5.91 Å². The van der Waals surface area contributed by atoms with Gasteiger partial charge in [0.1, 0.15) is 5.75 Å². The highest BCUT2D eigenvalue weighted by Crippen LogP contribution is 2.25. The maximum Gasteiger partial charge on any atom is 0.258 e. The number of carbonyl (C=O) groups excluding carboxylic acids is 2.